The fraction of sp³-hybridized carbons (Fsp3) is 0.474. The van der Waals surface area contributed by atoms with Crippen molar-refractivity contribution >= 4 is 41.3 Å². The summed E-state index contributed by atoms with van der Waals surface area (Å²) in [4.78, 5) is 9.83. The van der Waals surface area contributed by atoms with E-state index in [0.29, 0.717) is 19.1 Å². The number of ether oxygens (including phenoxy) is 1. The number of aryl methyl sites for hydroxylation is 1. The normalized spacial score (nSPS) is 11.2. The fourth-order valence-electron chi connectivity index (χ4n) is 2.31. The summed E-state index contributed by atoms with van der Waals surface area (Å²) in [6.07, 6.45) is 2.82. The van der Waals surface area contributed by atoms with E-state index in [4.69, 9.17) is 4.74 Å². The van der Waals surface area contributed by atoms with E-state index in [9.17, 15) is 0 Å². The molecule has 0 saturated heterocycles. The summed E-state index contributed by atoms with van der Waals surface area (Å²) in [7, 11) is 1.77. The number of aromatic nitrogens is 1. The van der Waals surface area contributed by atoms with Crippen molar-refractivity contribution in [3.8, 4) is 5.75 Å². The van der Waals surface area contributed by atoms with Crippen LogP contribution in [0.4, 0.5) is 0 Å². The van der Waals surface area contributed by atoms with Crippen LogP contribution in [-0.2, 0) is 6.42 Å². The highest BCUT2D eigenvalue weighted by Crippen LogP contribution is 2.18. The number of guanidine groups is 1. The Morgan fingerprint density at radius 2 is 1.88 bits per heavy atom. The van der Waals surface area contributed by atoms with E-state index in [2.05, 4.69) is 53.5 Å². The monoisotopic (exact) mass is 488 g/mol. The lowest BCUT2D eigenvalue weighted by molar-refractivity contribution is 0.322. The quantitative estimate of drug-likeness (QED) is 0.256. The van der Waals surface area contributed by atoms with Crippen LogP contribution >= 0.6 is 35.3 Å². The molecular weight excluding hydrogens is 459 g/mol. The highest BCUT2D eigenvalue weighted by molar-refractivity contribution is 14.0. The average Bonchev–Trinajstić information content (AvgIpc) is 3.02. The zero-order valence-electron chi connectivity index (χ0n) is 15.9. The summed E-state index contributed by atoms with van der Waals surface area (Å²) >= 11 is 1.74. The van der Waals surface area contributed by atoms with E-state index in [0.717, 1.165) is 29.7 Å². The van der Waals surface area contributed by atoms with Gasteiger partial charge in [0.2, 0.25) is 0 Å². The number of benzene rings is 1. The lowest BCUT2D eigenvalue weighted by atomic mass is 10.0. The molecule has 0 aliphatic rings. The van der Waals surface area contributed by atoms with Crippen molar-refractivity contribution in [1.29, 1.82) is 0 Å². The molecule has 0 aliphatic heterocycles. The Morgan fingerprint density at radius 3 is 2.46 bits per heavy atom. The SMILES string of the molecule is CN=C(NCCOc1ccc(C(C)C)cc1)NCCc1ncc(C)s1.I. The van der Waals surface area contributed by atoms with Crippen molar-refractivity contribution in [3.63, 3.8) is 0 Å². The summed E-state index contributed by atoms with van der Waals surface area (Å²) in [5.41, 5.74) is 1.32. The number of thiazole rings is 1. The van der Waals surface area contributed by atoms with Gasteiger partial charge in [-0.15, -0.1) is 35.3 Å². The molecule has 26 heavy (non-hydrogen) atoms. The first-order valence-corrected chi connectivity index (χ1v) is 9.48. The van der Waals surface area contributed by atoms with Gasteiger partial charge in [-0.3, -0.25) is 4.99 Å². The molecule has 0 radical (unpaired) electrons. The van der Waals surface area contributed by atoms with Crippen molar-refractivity contribution in [2.24, 2.45) is 4.99 Å². The second-order valence-corrected chi connectivity index (χ2v) is 7.43. The number of aliphatic imine (C=N–C) groups is 1. The van der Waals surface area contributed by atoms with E-state index in [1.54, 1.807) is 18.4 Å². The maximum atomic E-state index is 5.76. The third-order valence-electron chi connectivity index (χ3n) is 3.73. The number of rotatable bonds is 8. The first kappa shape index (κ1) is 22.7. The van der Waals surface area contributed by atoms with Crippen LogP contribution in [0.15, 0.2) is 35.5 Å². The summed E-state index contributed by atoms with van der Waals surface area (Å²) < 4.78 is 5.76. The van der Waals surface area contributed by atoms with E-state index in [-0.39, 0.29) is 24.0 Å². The first-order valence-electron chi connectivity index (χ1n) is 8.67. The van der Waals surface area contributed by atoms with Crippen LogP contribution in [0, 0.1) is 6.92 Å². The minimum Gasteiger partial charge on any atom is -0.492 e. The average molecular weight is 488 g/mol. The third-order valence-corrected chi connectivity index (χ3v) is 4.71. The summed E-state index contributed by atoms with van der Waals surface area (Å²) in [5, 5.41) is 7.70. The molecule has 1 aromatic heterocycles. The van der Waals surface area contributed by atoms with Gasteiger partial charge in [-0.1, -0.05) is 26.0 Å². The topological polar surface area (TPSA) is 58.5 Å². The lowest BCUT2D eigenvalue weighted by Gasteiger charge is -2.12. The van der Waals surface area contributed by atoms with Crippen LogP contribution in [0.5, 0.6) is 5.75 Å². The largest absolute Gasteiger partial charge is 0.492 e. The first-order chi connectivity index (χ1) is 12.1. The molecule has 2 rings (SSSR count). The van der Waals surface area contributed by atoms with Gasteiger partial charge in [0.05, 0.1) is 11.6 Å². The van der Waals surface area contributed by atoms with Crippen molar-refractivity contribution in [2.45, 2.75) is 33.1 Å². The van der Waals surface area contributed by atoms with E-state index < -0.39 is 0 Å². The Bertz CT molecular complexity index is 670. The Hall–Kier alpha value is -1.35. The molecule has 144 valence electrons. The highest BCUT2D eigenvalue weighted by atomic mass is 127. The van der Waals surface area contributed by atoms with Gasteiger partial charge in [0.15, 0.2) is 5.96 Å². The van der Waals surface area contributed by atoms with Gasteiger partial charge in [-0.25, -0.2) is 4.98 Å². The highest BCUT2D eigenvalue weighted by Gasteiger charge is 2.02. The van der Waals surface area contributed by atoms with Crippen LogP contribution in [0.2, 0.25) is 0 Å². The minimum absolute atomic E-state index is 0. The van der Waals surface area contributed by atoms with Gasteiger partial charge < -0.3 is 15.4 Å². The molecule has 7 heteroatoms. The zero-order valence-corrected chi connectivity index (χ0v) is 19.1. The van der Waals surface area contributed by atoms with Crippen molar-refractivity contribution in [3.05, 3.63) is 45.9 Å². The maximum absolute atomic E-state index is 5.76. The molecule has 5 nitrogen and oxygen atoms in total. The van der Waals surface area contributed by atoms with Gasteiger partial charge in [0.1, 0.15) is 12.4 Å². The summed E-state index contributed by atoms with van der Waals surface area (Å²) in [6.45, 7) is 8.55. The molecule has 0 aliphatic carbocycles. The molecule has 0 atom stereocenters. The Morgan fingerprint density at radius 1 is 1.19 bits per heavy atom. The van der Waals surface area contributed by atoms with Crippen LogP contribution in [-0.4, -0.2) is 37.7 Å². The van der Waals surface area contributed by atoms with Crippen molar-refractivity contribution < 1.29 is 4.74 Å². The van der Waals surface area contributed by atoms with Gasteiger partial charge in [0.25, 0.3) is 0 Å². The minimum atomic E-state index is 0. The van der Waals surface area contributed by atoms with E-state index in [1.807, 2.05) is 18.3 Å². The van der Waals surface area contributed by atoms with Gasteiger partial charge in [-0.05, 0) is 30.5 Å². The van der Waals surface area contributed by atoms with Crippen LogP contribution in [0.3, 0.4) is 0 Å². The lowest BCUT2D eigenvalue weighted by Crippen LogP contribution is -2.40. The zero-order chi connectivity index (χ0) is 18.1. The second kappa shape index (κ2) is 12.1. The number of hydrogen-bond donors (Lipinski definition) is 2. The fourth-order valence-corrected chi connectivity index (χ4v) is 3.10. The van der Waals surface area contributed by atoms with Crippen molar-refractivity contribution in [2.75, 3.05) is 26.7 Å². The van der Waals surface area contributed by atoms with Gasteiger partial charge in [-0.2, -0.15) is 0 Å². The smallest absolute Gasteiger partial charge is 0.191 e. The predicted molar refractivity (Wildman–Crippen MR) is 121 cm³/mol. The molecule has 0 saturated carbocycles. The number of nitrogens with zero attached hydrogens (tertiary/aromatic N) is 2. The second-order valence-electron chi connectivity index (χ2n) is 6.11. The number of nitrogens with one attached hydrogen (secondary N) is 2. The molecule has 1 heterocycles. The summed E-state index contributed by atoms with van der Waals surface area (Å²) in [5.74, 6) is 2.22. The Kier molecular flexibility index (Phi) is 10.6. The molecule has 2 aromatic rings. The molecule has 2 N–H and O–H groups in total. The molecular formula is C19H29IN4OS. The van der Waals surface area contributed by atoms with Gasteiger partial charge >= 0.3 is 0 Å². The molecule has 0 spiro atoms. The Balaban J connectivity index is 0.00000338. The molecule has 0 amide bonds. The third kappa shape index (κ3) is 7.90. The van der Waals surface area contributed by atoms with E-state index in [1.165, 1.54) is 10.4 Å². The Labute approximate surface area is 177 Å². The number of halogens is 1. The van der Waals surface area contributed by atoms with Crippen molar-refractivity contribution in [1.82, 2.24) is 15.6 Å². The summed E-state index contributed by atoms with van der Waals surface area (Å²) in [6, 6.07) is 8.29. The van der Waals surface area contributed by atoms with Crippen LogP contribution < -0.4 is 15.4 Å². The number of hydrogen-bond acceptors (Lipinski definition) is 4. The van der Waals surface area contributed by atoms with Gasteiger partial charge in [0, 0.05) is 31.1 Å². The molecule has 1 aromatic carbocycles. The standard InChI is InChI=1S/C19H28N4OS.HI/c1-14(2)16-5-7-17(8-6-16)24-12-11-22-19(20-4)21-10-9-18-23-13-15(3)25-18;/h5-8,13-14H,9-12H2,1-4H3,(H2,20,21,22);1H. The molecule has 0 bridgehead atoms. The van der Waals surface area contributed by atoms with Crippen LogP contribution in [0.1, 0.15) is 35.2 Å². The van der Waals surface area contributed by atoms with E-state index >= 15 is 0 Å². The van der Waals surface area contributed by atoms with Crippen LogP contribution in [0.25, 0.3) is 0 Å². The predicted octanol–water partition coefficient (Wildman–Crippen LogP) is 3.98. The molecule has 0 unspecified atom stereocenters. The molecule has 0 fully saturated rings. The maximum Gasteiger partial charge on any atom is 0.191 e.